The summed E-state index contributed by atoms with van der Waals surface area (Å²) in [6.45, 7) is 6.22. The van der Waals surface area contributed by atoms with Crippen LogP contribution in [0.5, 0.6) is 0 Å². The third kappa shape index (κ3) is 2.92. The van der Waals surface area contributed by atoms with Gasteiger partial charge in [0, 0.05) is 18.2 Å². The highest BCUT2D eigenvalue weighted by Crippen LogP contribution is 2.49. The van der Waals surface area contributed by atoms with Crippen LogP contribution in [0.3, 0.4) is 0 Å². The lowest BCUT2D eigenvalue weighted by Gasteiger charge is -2.25. The van der Waals surface area contributed by atoms with Crippen LogP contribution in [0, 0.1) is 20.8 Å². The zero-order valence-electron chi connectivity index (χ0n) is 17.0. The molecule has 4 rings (SSSR count). The first-order valence-corrected chi connectivity index (χ1v) is 10.0. The van der Waals surface area contributed by atoms with E-state index >= 15 is 0 Å². The van der Waals surface area contributed by atoms with Crippen LogP contribution in [0.15, 0.2) is 24.3 Å². The fourth-order valence-electron chi connectivity index (χ4n) is 4.96. The number of rotatable bonds is 3. The molecule has 4 nitrogen and oxygen atoms in total. The number of carbonyl (C=O) groups excluding carboxylic acids is 2. The van der Waals surface area contributed by atoms with Crippen molar-refractivity contribution < 1.29 is 14.3 Å². The third-order valence-corrected chi connectivity index (χ3v) is 6.40. The summed E-state index contributed by atoms with van der Waals surface area (Å²) in [5, 5.41) is 3.62. The Morgan fingerprint density at radius 3 is 2.54 bits per heavy atom. The molecule has 2 aromatic carbocycles. The summed E-state index contributed by atoms with van der Waals surface area (Å²) < 4.78 is 4.98. The molecule has 4 heteroatoms. The van der Waals surface area contributed by atoms with Crippen LogP contribution in [0.25, 0.3) is 11.1 Å². The van der Waals surface area contributed by atoms with E-state index in [1.165, 1.54) is 12.7 Å². The van der Waals surface area contributed by atoms with Crippen LogP contribution in [0.4, 0.5) is 5.69 Å². The van der Waals surface area contributed by atoms with Crippen molar-refractivity contribution >= 4 is 17.4 Å². The second kappa shape index (κ2) is 7.08. The predicted octanol–water partition coefficient (Wildman–Crippen LogP) is 4.63. The van der Waals surface area contributed by atoms with Crippen molar-refractivity contribution in [1.29, 1.82) is 0 Å². The van der Waals surface area contributed by atoms with Gasteiger partial charge < -0.3 is 10.1 Å². The highest BCUT2D eigenvalue weighted by Gasteiger charge is 2.42. The van der Waals surface area contributed by atoms with E-state index in [1.54, 1.807) is 0 Å². The average Bonchev–Trinajstić information content (AvgIpc) is 3.08. The fourth-order valence-corrected chi connectivity index (χ4v) is 4.96. The molecule has 1 heterocycles. The van der Waals surface area contributed by atoms with Gasteiger partial charge in [0.1, 0.15) is 5.78 Å². The van der Waals surface area contributed by atoms with Gasteiger partial charge in [-0.25, -0.2) is 0 Å². The highest BCUT2D eigenvalue weighted by molar-refractivity contribution is 5.95. The first kappa shape index (κ1) is 18.7. The number of hydrogen-bond donors (Lipinski definition) is 1. The lowest BCUT2D eigenvalue weighted by atomic mass is 9.77. The summed E-state index contributed by atoms with van der Waals surface area (Å²) in [7, 11) is 1.43. The summed E-state index contributed by atoms with van der Waals surface area (Å²) in [5.41, 5.74) is 8.70. The van der Waals surface area contributed by atoms with Crippen molar-refractivity contribution in [3.63, 3.8) is 0 Å². The van der Waals surface area contributed by atoms with Gasteiger partial charge in [0.15, 0.2) is 0 Å². The maximum atomic E-state index is 12.8. The molecule has 146 valence electrons. The molecule has 0 bridgehead atoms. The number of anilines is 1. The molecule has 2 aromatic rings. The Bertz CT molecular complexity index is 959. The maximum Gasteiger partial charge on any atom is 0.310 e. The monoisotopic (exact) mass is 377 g/mol. The Hall–Kier alpha value is -2.62. The van der Waals surface area contributed by atoms with Gasteiger partial charge in [-0.2, -0.15) is 0 Å². The molecule has 2 unspecified atom stereocenters. The van der Waals surface area contributed by atoms with E-state index in [0.29, 0.717) is 12.2 Å². The van der Waals surface area contributed by atoms with E-state index in [9.17, 15) is 9.59 Å². The summed E-state index contributed by atoms with van der Waals surface area (Å²) in [6, 6.07) is 8.56. The van der Waals surface area contributed by atoms with Crippen molar-refractivity contribution in [3.05, 3.63) is 52.1 Å². The SMILES string of the molecule is COC(=O)Cc1c(C)c2c(c(C)c1-c1ccc(C)cc1)C1C(=O)CCCC1N2. The predicted molar refractivity (Wildman–Crippen MR) is 111 cm³/mol. The molecule has 0 spiro atoms. The minimum Gasteiger partial charge on any atom is -0.469 e. The number of ketones is 1. The third-order valence-electron chi connectivity index (χ3n) is 6.40. The first-order valence-electron chi connectivity index (χ1n) is 10.0. The van der Waals surface area contributed by atoms with E-state index in [1.807, 2.05) is 0 Å². The molecule has 1 N–H and O–H groups in total. The number of fused-ring (bicyclic) bond motifs is 3. The number of esters is 1. The minimum absolute atomic E-state index is 0.0705. The molecular weight excluding hydrogens is 350 g/mol. The van der Waals surface area contributed by atoms with Gasteiger partial charge in [-0.1, -0.05) is 29.8 Å². The lowest BCUT2D eigenvalue weighted by Crippen LogP contribution is -2.31. The number of benzene rings is 2. The number of ether oxygens (including phenoxy) is 1. The van der Waals surface area contributed by atoms with Crippen molar-refractivity contribution in [2.24, 2.45) is 0 Å². The van der Waals surface area contributed by atoms with Gasteiger partial charge in [0.05, 0.1) is 19.4 Å². The van der Waals surface area contributed by atoms with Crippen LogP contribution in [0.1, 0.15) is 53.0 Å². The zero-order valence-corrected chi connectivity index (χ0v) is 17.0. The molecule has 1 aliphatic carbocycles. The molecule has 2 atom stereocenters. The van der Waals surface area contributed by atoms with E-state index in [-0.39, 0.29) is 24.3 Å². The molecular formula is C24H27NO3. The van der Waals surface area contributed by atoms with Crippen LogP contribution < -0.4 is 5.32 Å². The van der Waals surface area contributed by atoms with Gasteiger partial charge in [-0.3, -0.25) is 9.59 Å². The molecule has 28 heavy (non-hydrogen) atoms. The highest BCUT2D eigenvalue weighted by atomic mass is 16.5. The molecule has 1 aliphatic heterocycles. The van der Waals surface area contributed by atoms with E-state index < -0.39 is 0 Å². The Morgan fingerprint density at radius 2 is 1.86 bits per heavy atom. The van der Waals surface area contributed by atoms with Crippen LogP contribution in [-0.2, 0) is 20.7 Å². The molecule has 1 fully saturated rings. The van der Waals surface area contributed by atoms with Gasteiger partial charge >= 0.3 is 5.97 Å². The van der Waals surface area contributed by atoms with Crippen molar-refractivity contribution in [2.75, 3.05) is 12.4 Å². The second-order valence-electron chi connectivity index (χ2n) is 8.10. The lowest BCUT2D eigenvalue weighted by molar-refractivity contribution is -0.139. The Labute approximate surface area is 166 Å². The Morgan fingerprint density at radius 1 is 1.14 bits per heavy atom. The number of carbonyl (C=O) groups is 2. The molecule has 2 aliphatic rings. The van der Waals surface area contributed by atoms with E-state index in [0.717, 1.165) is 51.9 Å². The first-order chi connectivity index (χ1) is 13.4. The summed E-state index contributed by atoms with van der Waals surface area (Å²) >= 11 is 0. The topological polar surface area (TPSA) is 55.4 Å². The number of hydrogen-bond acceptors (Lipinski definition) is 4. The number of aryl methyl sites for hydroxylation is 1. The summed E-state index contributed by atoms with van der Waals surface area (Å²) in [4.78, 5) is 25.0. The average molecular weight is 377 g/mol. The minimum atomic E-state index is -0.248. The Kier molecular flexibility index (Phi) is 4.74. The van der Waals surface area contributed by atoms with Gasteiger partial charge in [-0.15, -0.1) is 0 Å². The van der Waals surface area contributed by atoms with Crippen LogP contribution in [-0.4, -0.2) is 24.9 Å². The molecule has 0 aromatic heterocycles. The molecule has 0 saturated heterocycles. The quantitative estimate of drug-likeness (QED) is 0.793. The summed E-state index contributed by atoms with van der Waals surface area (Å²) in [5.74, 6) is 0.0155. The number of nitrogens with one attached hydrogen (secondary N) is 1. The van der Waals surface area contributed by atoms with Crippen LogP contribution in [0.2, 0.25) is 0 Å². The molecule has 0 radical (unpaired) electrons. The van der Waals surface area contributed by atoms with Crippen LogP contribution >= 0.6 is 0 Å². The van der Waals surface area contributed by atoms with Crippen molar-refractivity contribution in [3.8, 4) is 11.1 Å². The molecule has 0 amide bonds. The molecule has 1 saturated carbocycles. The number of methoxy groups -OCH3 is 1. The van der Waals surface area contributed by atoms with Gasteiger partial charge in [0.25, 0.3) is 0 Å². The maximum absolute atomic E-state index is 12.8. The van der Waals surface area contributed by atoms with E-state index in [4.69, 9.17) is 4.74 Å². The smallest absolute Gasteiger partial charge is 0.310 e. The van der Waals surface area contributed by atoms with Gasteiger partial charge in [-0.05, 0) is 67.0 Å². The normalized spacial score (nSPS) is 20.4. The number of Topliss-reactive ketones (excluding diaryl/α,β-unsaturated/α-hetero) is 1. The largest absolute Gasteiger partial charge is 0.469 e. The fraction of sp³-hybridized carbons (Fsp3) is 0.417. The zero-order chi connectivity index (χ0) is 20.0. The van der Waals surface area contributed by atoms with Crippen molar-refractivity contribution in [2.45, 2.75) is 58.4 Å². The van der Waals surface area contributed by atoms with Gasteiger partial charge in [0.2, 0.25) is 0 Å². The standard InChI is InChI=1S/C24H27NO3/c1-13-8-10-16(11-9-13)21-15(3)22-23-18(6-5-7-19(23)26)25-24(22)14(2)17(21)12-20(27)28-4/h8-11,18,23,25H,5-7,12H2,1-4H3. The summed E-state index contributed by atoms with van der Waals surface area (Å²) in [6.07, 6.45) is 2.84. The van der Waals surface area contributed by atoms with Crippen molar-refractivity contribution in [1.82, 2.24) is 0 Å². The Balaban J connectivity index is 1.97. The van der Waals surface area contributed by atoms with E-state index in [2.05, 4.69) is 50.4 Å². The second-order valence-corrected chi connectivity index (χ2v) is 8.10.